The molecular weight excluding hydrogens is 356 g/mol. The molecule has 1 aromatic heterocycles. The zero-order chi connectivity index (χ0) is 18.6. The van der Waals surface area contributed by atoms with Crippen molar-refractivity contribution in [1.82, 2.24) is 19.8 Å². The number of nitrogens with one attached hydrogen (secondary N) is 1. The van der Waals surface area contributed by atoms with Gasteiger partial charge in [0.05, 0.1) is 11.0 Å². The van der Waals surface area contributed by atoms with Crippen LogP contribution in [-0.2, 0) is 5.75 Å². The lowest BCUT2D eigenvalue weighted by atomic mass is 10.1. The van der Waals surface area contributed by atoms with Gasteiger partial charge in [0.25, 0.3) is 5.91 Å². The van der Waals surface area contributed by atoms with Crippen molar-refractivity contribution >= 4 is 28.7 Å². The van der Waals surface area contributed by atoms with Gasteiger partial charge in [-0.05, 0) is 36.4 Å². The second kappa shape index (κ2) is 8.15. The first-order valence-electron chi connectivity index (χ1n) is 9.41. The zero-order valence-corrected chi connectivity index (χ0v) is 16.3. The Morgan fingerprint density at radius 1 is 1.07 bits per heavy atom. The number of imidazole rings is 1. The van der Waals surface area contributed by atoms with Gasteiger partial charge in [0.15, 0.2) is 5.16 Å². The Balaban J connectivity index is 1.35. The number of thioether (sulfide) groups is 1. The summed E-state index contributed by atoms with van der Waals surface area (Å²) in [5.74, 6) is 0.964. The first-order chi connectivity index (χ1) is 13.2. The summed E-state index contributed by atoms with van der Waals surface area (Å²) in [6.45, 7) is 6.79. The van der Waals surface area contributed by atoms with Crippen molar-refractivity contribution in [1.29, 1.82) is 0 Å². The number of carbonyl (C=O) groups is 1. The Kier molecular flexibility index (Phi) is 5.45. The van der Waals surface area contributed by atoms with Crippen molar-refractivity contribution in [3.63, 3.8) is 0 Å². The molecule has 0 unspecified atom stereocenters. The molecule has 1 saturated heterocycles. The van der Waals surface area contributed by atoms with Gasteiger partial charge < -0.3 is 14.8 Å². The molecule has 27 heavy (non-hydrogen) atoms. The minimum absolute atomic E-state index is 0.141. The van der Waals surface area contributed by atoms with Crippen molar-refractivity contribution in [3.8, 4) is 0 Å². The van der Waals surface area contributed by atoms with Gasteiger partial charge in [-0.15, -0.1) is 0 Å². The van der Waals surface area contributed by atoms with Gasteiger partial charge in [-0.3, -0.25) is 4.79 Å². The average Bonchev–Trinajstić information content (AvgIpc) is 3.15. The summed E-state index contributed by atoms with van der Waals surface area (Å²) in [5.41, 5.74) is 4.01. The summed E-state index contributed by atoms with van der Waals surface area (Å²) >= 11 is 1.68. The maximum absolute atomic E-state index is 12.7. The first-order valence-corrected chi connectivity index (χ1v) is 10.4. The van der Waals surface area contributed by atoms with Crippen LogP contribution in [0.1, 0.15) is 22.8 Å². The van der Waals surface area contributed by atoms with Crippen molar-refractivity contribution in [2.45, 2.75) is 17.8 Å². The second-order valence-electron chi connectivity index (χ2n) is 6.77. The van der Waals surface area contributed by atoms with Gasteiger partial charge >= 0.3 is 0 Å². The molecule has 0 spiro atoms. The molecule has 6 heteroatoms. The number of hydrogen-bond donors (Lipinski definition) is 1. The Morgan fingerprint density at radius 3 is 2.52 bits per heavy atom. The maximum Gasteiger partial charge on any atom is 0.253 e. The minimum atomic E-state index is 0.141. The van der Waals surface area contributed by atoms with E-state index in [2.05, 4.69) is 21.8 Å². The largest absolute Gasteiger partial charge is 0.336 e. The number of carbonyl (C=O) groups excluding carboxylic acids is 1. The summed E-state index contributed by atoms with van der Waals surface area (Å²) in [5, 5.41) is 0.921. The number of para-hydroxylation sites is 2. The number of likely N-dealkylation sites (N-methyl/N-ethyl adjacent to an activating group) is 1. The van der Waals surface area contributed by atoms with E-state index in [4.69, 9.17) is 0 Å². The van der Waals surface area contributed by atoms with E-state index in [1.807, 2.05) is 53.4 Å². The number of aromatic amines is 1. The highest BCUT2D eigenvalue weighted by atomic mass is 32.2. The molecule has 5 nitrogen and oxygen atoms in total. The van der Waals surface area contributed by atoms with Crippen LogP contribution in [0.2, 0.25) is 0 Å². The van der Waals surface area contributed by atoms with E-state index in [1.165, 1.54) is 5.56 Å². The number of aromatic nitrogens is 2. The number of benzene rings is 2. The molecule has 0 saturated carbocycles. The van der Waals surface area contributed by atoms with Crippen LogP contribution >= 0.6 is 11.8 Å². The molecule has 2 aromatic carbocycles. The third-order valence-electron chi connectivity index (χ3n) is 5.05. The molecule has 0 radical (unpaired) electrons. The quantitative estimate of drug-likeness (QED) is 0.687. The smallest absolute Gasteiger partial charge is 0.253 e. The maximum atomic E-state index is 12.7. The van der Waals surface area contributed by atoms with Crippen LogP contribution < -0.4 is 0 Å². The van der Waals surface area contributed by atoms with E-state index in [-0.39, 0.29) is 5.91 Å². The average molecular weight is 381 g/mol. The molecule has 1 aliphatic heterocycles. The Bertz CT molecular complexity index is 880. The fourth-order valence-corrected chi connectivity index (χ4v) is 4.18. The Labute approximate surface area is 163 Å². The number of amides is 1. The molecule has 3 aromatic rings. The Morgan fingerprint density at radius 2 is 1.81 bits per heavy atom. The molecule has 0 atom stereocenters. The van der Waals surface area contributed by atoms with Crippen LogP contribution in [-0.4, -0.2) is 58.4 Å². The van der Waals surface area contributed by atoms with Gasteiger partial charge in [0, 0.05) is 37.5 Å². The van der Waals surface area contributed by atoms with Crippen LogP contribution in [0.25, 0.3) is 11.0 Å². The third-order valence-corrected chi connectivity index (χ3v) is 6.00. The van der Waals surface area contributed by atoms with Crippen LogP contribution in [0.5, 0.6) is 0 Å². The highest BCUT2D eigenvalue weighted by Gasteiger charge is 2.21. The molecule has 1 fully saturated rings. The molecule has 0 aliphatic carbocycles. The van der Waals surface area contributed by atoms with Crippen LogP contribution in [0, 0.1) is 0 Å². The molecule has 4 rings (SSSR count). The molecule has 2 heterocycles. The molecule has 1 N–H and O–H groups in total. The van der Waals surface area contributed by atoms with Gasteiger partial charge in [0.1, 0.15) is 0 Å². The fraction of sp³-hybridized carbons (Fsp3) is 0.333. The lowest BCUT2D eigenvalue weighted by Gasteiger charge is -2.34. The van der Waals surface area contributed by atoms with Gasteiger partial charge in [-0.25, -0.2) is 4.98 Å². The minimum Gasteiger partial charge on any atom is -0.336 e. The number of nitrogens with zero attached hydrogens (tertiary/aromatic N) is 3. The van der Waals surface area contributed by atoms with Crippen molar-refractivity contribution in [2.24, 2.45) is 0 Å². The number of piperazine rings is 1. The second-order valence-corrected chi connectivity index (χ2v) is 7.74. The van der Waals surface area contributed by atoms with E-state index < -0.39 is 0 Å². The Hall–Kier alpha value is -2.31. The number of rotatable bonds is 5. The topological polar surface area (TPSA) is 52.2 Å². The van der Waals surface area contributed by atoms with Crippen molar-refractivity contribution < 1.29 is 4.79 Å². The SMILES string of the molecule is CCN1CCN(C(=O)c2ccc(CSc3nc4ccccc4[nH]3)cc2)CC1. The zero-order valence-electron chi connectivity index (χ0n) is 15.5. The highest BCUT2D eigenvalue weighted by Crippen LogP contribution is 2.23. The summed E-state index contributed by atoms with van der Waals surface area (Å²) < 4.78 is 0. The van der Waals surface area contributed by atoms with Crippen LogP contribution in [0.4, 0.5) is 0 Å². The normalized spacial score (nSPS) is 15.4. The molecule has 140 valence electrons. The monoisotopic (exact) mass is 380 g/mol. The number of fused-ring (bicyclic) bond motifs is 1. The van der Waals surface area contributed by atoms with Crippen LogP contribution in [0.3, 0.4) is 0 Å². The molecule has 1 amide bonds. The number of H-pyrrole nitrogens is 1. The van der Waals surface area contributed by atoms with Crippen molar-refractivity contribution in [3.05, 3.63) is 59.7 Å². The van der Waals surface area contributed by atoms with E-state index in [1.54, 1.807) is 11.8 Å². The highest BCUT2D eigenvalue weighted by molar-refractivity contribution is 7.98. The van der Waals surface area contributed by atoms with Gasteiger partial charge in [-0.1, -0.05) is 43.0 Å². The predicted octanol–water partition coefficient (Wildman–Crippen LogP) is 3.63. The summed E-state index contributed by atoms with van der Waals surface area (Å²) in [6, 6.07) is 16.0. The number of hydrogen-bond acceptors (Lipinski definition) is 4. The summed E-state index contributed by atoms with van der Waals surface area (Å²) in [7, 11) is 0. The van der Waals surface area contributed by atoms with E-state index in [0.717, 1.165) is 60.2 Å². The summed E-state index contributed by atoms with van der Waals surface area (Å²) in [6.07, 6.45) is 0. The molecule has 0 bridgehead atoms. The lowest BCUT2D eigenvalue weighted by Crippen LogP contribution is -2.48. The standard InChI is InChI=1S/C21H24N4OS/c1-2-24-11-13-25(14-12-24)20(26)17-9-7-16(8-10-17)15-27-21-22-18-5-3-4-6-19(18)23-21/h3-10H,2,11-15H2,1H3,(H,22,23). The van der Waals surface area contributed by atoms with Crippen LogP contribution in [0.15, 0.2) is 53.7 Å². The van der Waals surface area contributed by atoms with Crippen molar-refractivity contribution in [2.75, 3.05) is 32.7 Å². The molecule has 1 aliphatic rings. The summed E-state index contributed by atoms with van der Waals surface area (Å²) in [4.78, 5) is 24.9. The predicted molar refractivity (Wildman–Crippen MR) is 110 cm³/mol. The van der Waals surface area contributed by atoms with Gasteiger partial charge in [0.2, 0.25) is 0 Å². The van der Waals surface area contributed by atoms with E-state index in [0.29, 0.717) is 0 Å². The van der Waals surface area contributed by atoms with E-state index in [9.17, 15) is 4.79 Å². The van der Waals surface area contributed by atoms with Gasteiger partial charge in [-0.2, -0.15) is 0 Å². The molecular formula is C21H24N4OS. The first kappa shape index (κ1) is 18.1. The lowest BCUT2D eigenvalue weighted by molar-refractivity contribution is 0.0643. The third kappa shape index (κ3) is 4.17. The van der Waals surface area contributed by atoms with E-state index >= 15 is 0 Å². The fourth-order valence-electron chi connectivity index (χ4n) is 3.34.